The fourth-order valence-electron chi connectivity index (χ4n) is 3.30. The topological polar surface area (TPSA) is 45.7 Å². The van der Waals surface area contributed by atoms with Crippen molar-refractivity contribution in [1.82, 2.24) is 9.88 Å². The summed E-state index contributed by atoms with van der Waals surface area (Å²) in [5, 5.41) is 0. The van der Waals surface area contributed by atoms with Crippen LogP contribution in [0.1, 0.15) is 32.4 Å². The number of pyridine rings is 1. The number of carbonyl (C=O) groups excluding carboxylic acids is 1. The molecule has 3 heterocycles. The Hall–Kier alpha value is -1.62. The first-order chi connectivity index (χ1) is 10.6. The zero-order chi connectivity index (χ0) is 15.5. The number of hydrogen-bond donors (Lipinski definition) is 0. The number of aromatic nitrogens is 1. The summed E-state index contributed by atoms with van der Waals surface area (Å²) in [6, 6.07) is 6.59. The average Bonchev–Trinajstić information content (AvgIpc) is 2.94. The van der Waals surface area contributed by atoms with Gasteiger partial charge in [-0.15, -0.1) is 0 Å². The fraction of sp³-hybridized carbons (Fsp3) is 0.647. The Bertz CT molecular complexity index is 524. The summed E-state index contributed by atoms with van der Waals surface area (Å²) in [4.78, 5) is 20.5. The number of cyclic esters (lactones) is 1. The number of nitrogens with zero attached hydrogens (tertiary/aromatic N) is 3. The summed E-state index contributed by atoms with van der Waals surface area (Å²) >= 11 is 0. The van der Waals surface area contributed by atoms with Gasteiger partial charge in [0, 0.05) is 11.7 Å². The Labute approximate surface area is 132 Å². The molecule has 0 saturated carbocycles. The number of ether oxygens (including phenoxy) is 1. The van der Waals surface area contributed by atoms with Crippen LogP contribution in [0, 0.1) is 5.92 Å². The highest BCUT2D eigenvalue weighted by molar-refractivity contribution is 5.88. The lowest BCUT2D eigenvalue weighted by Gasteiger charge is -2.34. The fourth-order valence-corrected chi connectivity index (χ4v) is 3.30. The minimum atomic E-state index is -0.283. The molecule has 0 aromatic carbocycles. The van der Waals surface area contributed by atoms with Gasteiger partial charge in [0.2, 0.25) is 0 Å². The summed E-state index contributed by atoms with van der Waals surface area (Å²) in [7, 11) is 0. The van der Waals surface area contributed by atoms with E-state index in [1.54, 1.807) is 4.90 Å². The minimum Gasteiger partial charge on any atom is -0.447 e. The van der Waals surface area contributed by atoms with Crippen LogP contribution in [0.5, 0.6) is 0 Å². The van der Waals surface area contributed by atoms with E-state index in [1.807, 2.05) is 12.1 Å². The molecule has 5 nitrogen and oxygen atoms in total. The lowest BCUT2D eigenvalue weighted by molar-refractivity contribution is 0.149. The Balaban J connectivity index is 1.60. The van der Waals surface area contributed by atoms with Crippen molar-refractivity contribution in [2.75, 3.05) is 31.1 Å². The molecule has 0 bridgehead atoms. The molecule has 0 unspecified atom stereocenters. The normalized spacial score (nSPS) is 20.7. The van der Waals surface area contributed by atoms with Crippen molar-refractivity contribution in [1.29, 1.82) is 0 Å². The van der Waals surface area contributed by atoms with E-state index in [0.29, 0.717) is 25.1 Å². The number of piperidine rings is 1. The molecule has 2 fully saturated rings. The number of rotatable bonds is 4. The van der Waals surface area contributed by atoms with E-state index < -0.39 is 0 Å². The van der Waals surface area contributed by atoms with Gasteiger partial charge in [0.1, 0.15) is 12.4 Å². The zero-order valence-corrected chi connectivity index (χ0v) is 13.5. The highest BCUT2D eigenvalue weighted by Crippen LogP contribution is 2.23. The molecular weight excluding hydrogens is 278 g/mol. The molecule has 0 aliphatic carbocycles. The Morgan fingerprint density at radius 1 is 1.27 bits per heavy atom. The number of amides is 1. The van der Waals surface area contributed by atoms with E-state index in [4.69, 9.17) is 4.74 Å². The molecule has 5 heteroatoms. The quantitative estimate of drug-likeness (QED) is 0.858. The van der Waals surface area contributed by atoms with Crippen LogP contribution >= 0.6 is 0 Å². The van der Waals surface area contributed by atoms with E-state index in [1.165, 1.54) is 25.9 Å². The molecule has 120 valence electrons. The van der Waals surface area contributed by atoms with Crippen molar-refractivity contribution in [3.8, 4) is 0 Å². The third kappa shape index (κ3) is 3.40. The zero-order valence-electron chi connectivity index (χ0n) is 13.5. The minimum absolute atomic E-state index is 0.283. The number of carbonyl (C=O) groups is 1. The molecule has 1 amide bonds. The van der Waals surface area contributed by atoms with E-state index in [9.17, 15) is 4.79 Å². The second-order valence-corrected chi connectivity index (χ2v) is 6.53. The van der Waals surface area contributed by atoms with Crippen molar-refractivity contribution < 1.29 is 9.53 Å². The second kappa shape index (κ2) is 6.65. The molecule has 0 N–H and O–H groups in total. The molecule has 22 heavy (non-hydrogen) atoms. The first kappa shape index (κ1) is 15.3. The predicted octanol–water partition coefficient (Wildman–Crippen LogP) is 2.70. The molecule has 0 spiro atoms. The van der Waals surface area contributed by atoms with Crippen molar-refractivity contribution in [3.05, 3.63) is 23.9 Å². The smallest absolute Gasteiger partial charge is 0.415 e. The van der Waals surface area contributed by atoms with Gasteiger partial charge in [-0.3, -0.25) is 4.90 Å². The second-order valence-electron chi connectivity index (χ2n) is 6.53. The summed E-state index contributed by atoms with van der Waals surface area (Å²) in [5.41, 5.74) is 1.08. The third-order valence-electron chi connectivity index (χ3n) is 4.71. The summed E-state index contributed by atoms with van der Waals surface area (Å²) in [5.74, 6) is 1.42. The molecule has 0 atom stereocenters. The Morgan fingerprint density at radius 3 is 2.68 bits per heavy atom. The van der Waals surface area contributed by atoms with Gasteiger partial charge in [0.15, 0.2) is 0 Å². The van der Waals surface area contributed by atoms with Crippen LogP contribution < -0.4 is 4.90 Å². The van der Waals surface area contributed by atoms with Gasteiger partial charge >= 0.3 is 6.09 Å². The summed E-state index contributed by atoms with van der Waals surface area (Å²) in [6.45, 7) is 7.95. The average molecular weight is 303 g/mol. The maximum absolute atomic E-state index is 11.6. The van der Waals surface area contributed by atoms with Gasteiger partial charge in [0.25, 0.3) is 0 Å². The van der Waals surface area contributed by atoms with E-state index in [2.05, 4.69) is 29.8 Å². The first-order valence-corrected chi connectivity index (χ1v) is 8.28. The monoisotopic (exact) mass is 303 g/mol. The van der Waals surface area contributed by atoms with E-state index in [-0.39, 0.29) is 6.09 Å². The molecular formula is C17H25N3O2. The van der Waals surface area contributed by atoms with Crippen molar-refractivity contribution >= 4 is 11.9 Å². The maximum Gasteiger partial charge on any atom is 0.415 e. The maximum atomic E-state index is 11.6. The highest BCUT2D eigenvalue weighted by Gasteiger charge is 2.25. The van der Waals surface area contributed by atoms with Gasteiger partial charge in [-0.05, 0) is 64.3 Å². The summed E-state index contributed by atoms with van der Waals surface area (Å²) < 4.78 is 4.99. The molecule has 3 rings (SSSR count). The van der Waals surface area contributed by atoms with Gasteiger partial charge in [-0.25, -0.2) is 9.78 Å². The SMILES string of the molecule is CC(C)N1CCC(Cc2cccc(N3CCOC3=O)n2)CC1. The molecule has 2 aliphatic heterocycles. The van der Waals surface area contributed by atoms with Crippen LogP contribution in [0.4, 0.5) is 10.6 Å². The van der Waals surface area contributed by atoms with Crippen LogP contribution in [0.25, 0.3) is 0 Å². The van der Waals surface area contributed by atoms with Crippen molar-refractivity contribution in [2.24, 2.45) is 5.92 Å². The molecule has 1 aromatic rings. The van der Waals surface area contributed by atoms with E-state index in [0.717, 1.165) is 17.9 Å². The van der Waals surface area contributed by atoms with Gasteiger partial charge < -0.3 is 9.64 Å². The lowest BCUT2D eigenvalue weighted by atomic mass is 9.91. The van der Waals surface area contributed by atoms with Crippen LogP contribution in [0.3, 0.4) is 0 Å². The summed E-state index contributed by atoms with van der Waals surface area (Å²) in [6.07, 6.45) is 3.18. The van der Waals surface area contributed by atoms with Crippen LogP contribution in [-0.2, 0) is 11.2 Å². The molecule has 1 aromatic heterocycles. The number of likely N-dealkylation sites (tertiary alicyclic amines) is 1. The van der Waals surface area contributed by atoms with Crippen LogP contribution in [0.2, 0.25) is 0 Å². The molecule has 2 aliphatic rings. The van der Waals surface area contributed by atoms with Gasteiger partial charge in [-0.2, -0.15) is 0 Å². The predicted molar refractivity (Wildman–Crippen MR) is 86.1 cm³/mol. The highest BCUT2D eigenvalue weighted by atomic mass is 16.6. The number of anilines is 1. The molecule has 2 saturated heterocycles. The van der Waals surface area contributed by atoms with Crippen molar-refractivity contribution in [2.45, 2.75) is 39.2 Å². The first-order valence-electron chi connectivity index (χ1n) is 8.28. The Kier molecular flexibility index (Phi) is 4.62. The van der Waals surface area contributed by atoms with Gasteiger partial charge in [-0.1, -0.05) is 6.07 Å². The van der Waals surface area contributed by atoms with E-state index >= 15 is 0 Å². The van der Waals surface area contributed by atoms with Crippen molar-refractivity contribution in [3.63, 3.8) is 0 Å². The number of hydrogen-bond acceptors (Lipinski definition) is 4. The Morgan fingerprint density at radius 2 is 2.05 bits per heavy atom. The van der Waals surface area contributed by atoms with Gasteiger partial charge in [0.05, 0.1) is 6.54 Å². The molecule has 0 radical (unpaired) electrons. The third-order valence-corrected chi connectivity index (χ3v) is 4.71. The lowest BCUT2D eigenvalue weighted by Crippen LogP contribution is -2.38. The largest absolute Gasteiger partial charge is 0.447 e. The van der Waals surface area contributed by atoms with Crippen LogP contribution in [0.15, 0.2) is 18.2 Å². The van der Waals surface area contributed by atoms with Crippen LogP contribution in [-0.4, -0.2) is 48.3 Å². The standard InChI is InChI=1S/C17H25N3O2/c1-13(2)19-8-6-14(7-9-19)12-15-4-3-5-16(18-15)20-10-11-22-17(20)21/h3-5,13-14H,6-12H2,1-2H3.